The minimum absolute atomic E-state index is 0.0603. The molecule has 2 N–H and O–H groups in total. The topological polar surface area (TPSA) is 70.9 Å². The average Bonchev–Trinajstić information content (AvgIpc) is 2.65. The van der Waals surface area contributed by atoms with E-state index in [1.807, 2.05) is 32.0 Å². The standard InChI is InChI=1S/C20H24ClN3O3S/c1-15-6-7-16(2)19(12-15)22-20(25)14-23-8-10-24(11-9-23)28(26,27)18-5-3-4-17(21)13-18/h3-7,12-13H,8-11,14H2,1-2H3,(H,22,25)/p+1. The van der Waals surface area contributed by atoms with Crippen molar-refractivity contribution < 1.29 is 18.1 Å². The Morgan fingerprint density at radius 3 is 2.54 bits per heavy atom. The van der Waals surface area contributed by atoms with Crippen LogP contribution in [0.25, 0.3) is 0 Å². The van der Waals surface area contributed by atoms with Gasteiger partial charge in [0.05, 0.1) is 31.1 Å². The summed E-state index contributed by atoms with van der Waals surface area (Å²) < 4.78 is 27.0. The highest BCUT2D eigenvalue weighted by molar-refractivity contribution is 7.89. The number of halogens is 1. The number of benzene rings is 2. The lowest BCUT2D eigenvalue weighted by atomic mass is 10.1. The third kappa shape index (κ3) is 4.91. The van der Waals surface area contributed by atoms with Crippen molar-refractivity contribution in [3.63, 3.8) is 0 Å². The van der Waals surface area contributed by atoms with Gasteiger partial charge in [-0.3, -0.25) is 4.79 Å². The molecule has 150 valence electrons. The van der Waals surface area contributed by atoms with Crippen LogP contribution >= 0.6 is 11.6 Å². The maximum atomic E-state index is 12.8. The molecule has 2 aromatic carbocycles. The third-order valence-corrected chi connectivity index (χ3v) is 7.07. The number of anilines is 1. The zero-order valence-corrected chi connectivity index (χ0v) is 17.6. The molecule has 0 aromatic heterocycles. The molecule has 0 atom stereocenters. The van der Waals surface area contributed by atoms with Crippen molar-refractivity contribution in [3.8, 4) is 0 Å². The molecule has 0 unspecified atom stereocenters. The number of carbonyl (C=O) groups is 1. The molecule has 1 aliphatic rings. The number of hydrogen-bond donors (Lipinski definition) is 2. The molecule has 1 saturated heterocycles. The number of aryl methyl sites for hydroxylation is 2. The van der Waals surface area contributed by atoms with Gasteiger partial charge in [0.25, 0.3) is 5.91 Å². The van der Waals surface area contributed by atoms with E-state index >= 15 is 0 Å². The lowest BCUT2D eigenvalue weighted by Gasteiger charge is -2.31. The molecule has 1 amide bonds. The second-order valence-electron chi connectivity index (χ2n) is 7.15. The summed E-state index contributed by atoms with van der Waals surface area (Å²) in [6, 6.07) is 12.3. The minimum Gasteiger partial charge on any atom is -0.325 e. The molecule has 0 saturated carbocycles. The van der Waals surface area contributed by atoms with E-state index in [4.69, 9.17) is 11.6 Å². The molecule has 1 heterocycles. The summed E-state index contributed by atoms with van der Waals surface area (Å²) in [5.74, 6) is -0.0603. The van der Waals surface area contributed by atoms with Gasteiger partial charge in [-0.1, -0.05) is 29.8 Å². The van der Waals surface area contributed by atoms with Crippen molar-refractivity contribution >= 4 is 33.2 Å². The number of nitrogens with one attached hydrogen (secondary N) is 2. The van der Waals surface area contributed by atoms with Gasteiger partial charge in [0.2, 0.25) is 10.0 Å². The number of quaternary nitrogens is 1. The van der Waals surface area contributed by atoms with Crippen LogP contribution < -0.4 is 10.2 Å². The van der Waals surface area contributed by atoms with Gasteiger partial charge in [0, 0.05) is 10.7 Å². The van der Waals surface area contributed by atoms with Gasteiger partial charge in [-0.15, -0.1) is 0 Å². The van der Waals surface area contributed by atoms with E-state index in [1.54, 1.807) is 18.2 Å². The highest BCUT2D eigenvalue weighted by Gasteiger charge is 2.31. The number of carbonyl (C=O) groups excluding carboxylic acids is 1. The van der Waals surface area contributed by atoms with Gasteiger partial charge in [-0.05, 0) is 49.2 Å². The van der Waals surface area contributed by atoms with E-state index in [2.05, 4.69) is 5.32 Å². The monoisotopic (exact) mass is 422 g/mol. The summed E-state index contributed by atoms with van der Waals surface area (Å²) >= 11 is 5.93. The normalized spacial score (nSPS) is 16.1. The summed E-state index contributed by atoms with van der Waals surface area (Å²) in [6.07, 6.45) is 0. The van der Waals surface area contributed by atoms with Crippen LogP contribution in [-0.2, 0) is 14.8 Å². The molecule has 0 radical (unpaired) electrons. The Bertz CT molecular complexity index is 970. The molecule has 0 bridgehead atoms. The fourth-order valence-electron chi connectivity index (χ4n) is 3.29. The molecular weight excluding hydrogens is 398 g/mol. The molecule has 2 aromatic rings. The van der Waals surface area contributed by atoms with Gasteiger partial charge in [-0.2, -0.15) is 4.31 Å². The Labute approximate surface area is 171 Å². The zero-order valence-electron chi connectivity index (χ0n) is 16.0. The van der Waals surface area contributed by atoms with Gasteiger partial charge in [0.1, 0.15) is 0 Å². The van der Waals surface area contributed by atoms with Crippen molar-refractivity contribution in [2.24, 2.45) is 0 Å². The lowest BCUT2D eigenvalue weighted by Crippen LogP contribution is -3.15. The van der Waals surface area contributed by atoms with Gasteiger partial charge >= 0.3 is 0 Å². The molecule has 28 heavy (non-hydrogen) atoms. The van der Waals surface area contributed by atoms with Crippen molar-refractivity contribution in [2.45, 2.75) is 18.7 Å². The molecule has 8 heteroatoms. The van der Waals surface area contributed by atoms with Crippen molar-refractivity contribution in [2.75, 3.05) is 38.0 Å². The molecule has 6 nitrogen and oxygen atoms in total. The number of piperazine rings is 1. The van der Waals surface area contributed by atoms with E-state index in [-0.39, 0.29) is 10.8 Å². The van der Waals surface area contributed by atoms with E-state index in [0.29, 0.717) is 37.7 Å². The molecule has 1 fully saturated rings. The van der Waals surface area contributed by atoms with Crippen molar-refractivity contribution in [1.29, 1.82) is 0 Å². The number of hydrogen-bond acceptors (Lipinski definition) is 3. The average molecular weight is 423 g/mol. The molecular formula is C20H25ClN3O3S+. The van der Waals surface area contributed by atoms with E-state index in [0.717, 1.165) is 21.7 Å². The van der Waals surface area contributed by atoms with Crippen LogP contribution in [-0.4, -0.2) is 51.4 Å². The molecule has 3 rings (SSSR count). The zero-order chi connectivity index (χ0) is 20.3. The Balaban J connectivity index is 1.56. The largest absolute Gasteiger partial charge is 0.325 e. The Morgan fingerprint density at radius 2 is 1.86 bits per heavy atom. The smallest absolute Gasteiger partial charge is 0.279 e. The van der Waals surface area contributed by atoms with Crippen LogP contribution in [0.5, 0.6) is 0 Å². The predicted octanol–water partition coefficient (Wildman–Crippen LogP) is 1.48. The Hall–Kier alpha value is -1.93. The summed E-state index contributed by atoms with van der Waals surface area (Å²) in [6.45, 7) is 6.18. The third-order valence-electron chi connectivity index (χ3n) is 4.94. The maximum absolute atomic E-state index is 12.8. The van der Waals surface area contributed by atoms with Gasteiger partial charge in [-0.25, -0.2) is 8.42 Å². The highest BCUT2D eigenvalue weighted by atomic mass is 35.5. The lowest BCUT2D eigenvalue weighted by molar-refractivity contribution is -0.895. The minimum atomic E-state index is -3.56. The maximum Gasteiger partial charge on any atom is 0.279 e. The summed E-state index contributed by atoms with van der Waals surface area (Å²) in [4.78, 5) is 13.7. The Kier molecular flexibility index (Phi) is 6.40. The molecule has 1 aliphatic heterocycles. The van der Waals surface area contributed by atoms with Gasteiger partial charge < -0.3 is 10.2 Å². The number of amides is 1. The van der Waals surface area contributed by atoms with Crippen molar-refractivity contribution in [3.05, 3.63) is 58.6 Å². The van der Waals surface area contributed by atoms with Crippen LogP contribution in [0.4, 0.5) is 5.69 Å². The summed E-state index contributed by atoms with van der Waals surface area (Å²) in [5, 5.41) is 3.36. The molecule has 0 aliphatic carbocycles. The van der Waals surface area contributed by atoms with Crippen LogP contribution in [0, 0.1) is 13.8 Å². The Morgan fingerprint density at radius 1 is 1.14 bits per heavy atom. The van der Waals surface area contributed by atoms with Gasteiger partial charge in [0.15, 0.2) is 6.54 Å². The number of rotatable bonds is 5. The number of nitrogens with zero attached hydrogens (tertiary/aromatic N) is 1. The number of sulfonamides is 1. The SMILES string of the molecule is Cc1ccc(C)c(NC(=O)C[NH+]2CCN(S(=O)(=O)c3cccc(Cl)c3)CC2)c1. The fraction of sp³-hybridized carbons (Fsp3) is 0.350. The fourth-order valence-corrected chi connectivity index (χ4v) is 5.03. The molecule has 0 spiro atoms. The first-order valence-electron chi connectivity index (χ1n) is 9.22. The second kappa shape index (κ2) is 8.61. The van der Waals surface area contributed by atoms with E-state index in [1.165, 1.54) is 10.4 Å². The van der Waals surface area contributed by atoms with Crippen LogP contribution in [0.1, 0.15) is 11.1 Å². The van der Waals surface area contributed by atoms with Crippen molar-refractivity contribution in [1.82, 2.24) is 4.31 Å². The highest BCUT2D eigenvalue weighted by Crippen LogP contribution is 2.19. The van der Waals surface area contributed by atoms with Crippen LogP contribution in [0.2, 0.25) is 5.02 Å². The van der Waals surface area contributed by atoms with Crippen LogP contribution in [0.15, 0.2) is 47.4 Å². The summed E-state index contributed by atoms with van der Waals surface area (Å²) in [7, 11) is -3.56. The van der Waals surface area contributed by atoms with E-state index in [9.17, 15) is 13.2 Å². The van der Waals surface area contributed by atoms with E-state index < -0.39 is 10.0 Å². The first-order chi connectivity index (χ1) is 13.3. The first kappa shape index (κ1) is 20.8. The van der Waals surface area contributed by atoms with Crippen LogP contribution in [0.3, 0.4) is 0 Å². The first-order valence-corrected chi connectivity index (χ1v) is 11.0. The summed E-state index contributed by atoms with van der Waals surface area (Å²) in [5.41, 5.74) is 2.94. The second-order valence-corrected chi connectivity index (χ2v) is 9.53. The quantitative estimate of drug-likeness (QED) is 0.766. The predicted molar refractivity (Wildman–Crippen MR) is 110 cm³/mol.